The van der Waals surface area contributed by atoms with Gasteiger partial charge in [-0.3, -0.25) is 4.79 Å². The molecule has 2 aromatic carbocycles. The zero-order valence-electron chi connectivity index (χ0n) is 16.5. The molecule has 0 aliphatic carbocycles. The second-order valence-electron chi connectivity index (χ2n) is 7.28. The molecule has 1 amide bonds. The molecule has 29 heavy (non-hydrogen) atoms. The number of ether oxygens (including phenoxy) is 1. The van der Waals surface area contributed by atoms with Crippen molar-refractivity contribution in [2.45, 2.75) is 12.8 Å². The van der Waals surface area contributed by atoms with Crippen LogP contribution in [-0.4, -0.2) is 49.1 Å². The van der Waals surface area contributed by atoms with Crippen LogP contribution in [0.1, 0.15) is 23.2 Å². The van der Waals surface area contributed by atoms with E-state index in [2.05, 4.69) is 4.90 Å². The Hall–Kier alpha value is -2.79. The first-order valence-electron chi connectivity index (χ1n) is 9.90. The molecule has 1 aromatic heterocycles. The smallest absolute Gasteiger partial charge is 0.257 e. The summed E-state index contributed by atoms with van der Waals surface area (Å²) in [6.07, 6.45) is 2.26. The highest BCUT2D eigenvalue weighted by atomic mass is 35.5. The van der Waals surface area contributed by atoms with E-state index >= 15 is 0 Å². The fourth-order valence-electron chi connectivity index (χ4n) is 3.60. The minimum atomic E-state index is -0.0418. The number of nitrogens with zero attached hydrogens (tertiary/aromatic N) is 3. The fourth-order valence-corrected chi connectivity index (χ4v) is 3.78. The molecule has 0 N–H and O–H groups in total. The summed E-state index contributed by atoms with van der Waals surface area (Å²) in [6.45, 7) is 2.74. The lowest BCUT2D eigenvalue weighted by Crippen LogP contribution is -2.33. The highest BCUT2D eigenvalue weighted by molar-refractivity contribution is 6.30. The summed E-state index contributed by atoms with van der Waals surface area (Å²) in [5, 5.41) is 1.60. The molecular formula is C23H24ClN3O2. The molecule has 4 rings (SSSR count). The molecule has 1 aliphatic heterocycles. The molecule has 150 valence electrons. The minimum Gasteiger partial charge on any atom is -0.492 e. The SMILES string of the molecule is CN(CCOc1cccc(Cl)c1)C(=O)c1cc2ccccc2nc1N1CCCC1. The Morgan fingerprint density at radius 3 is 2.72 bits per heavy atom. The van der Waals surface area contributed by atoms with Crippen molar-refractivity contribution < 1.29 is 9.53 Å². The molecule has 1 aliphatic rings. The highest BCUT2D eigenvalue weighted by Crippen LogP contribution is 2.27. The van der Waals surface area contributed by atoms with Crippen LogP contribution < -0.4 is 9.64 Å². The lowest BCUT2D eigenvalue weighted by Gasteiger charge is -2.23. The average molecular weight is 410 g/mol. The van der Waals surface area contributed by atoms with Crippen LogP contribution in [0, 0.1) is 0 Å². The topological polar surface area (TPSA) is 45.7 Å². The van der Waals surface area contributed by atoms with Gasteiger partial charge in [-0.1, -0.05) is 35.9 Å². The van der Waals surface area contributed by atoms with E-state index in [1.807, 2.05) is 42.5 Å². The lowest BCUT2D eigenvalue weighted by atomic mass is 10.1. The van der Waals surface area contributed by atoms with Gasteiger partial charge in [0.05, 0.1) is 17.6 Å². The molecule has 0 radical (unpaired) electrons. The van der Waals surface area contributed by atoms with Crippen LogP contribution in [-0.2, 0) is 0 Å². The van der Waals surface area contributed by atoms with Crippen molar-refractivity contribution in [3.05, 3.63) is 65.2 Å². The van der Waals surface area contributed by atoms with E-state index in [-0.39, 0.29) is 5.91 Å². The number of fused-ring (bicyclic) bond motifs is 1. The molecule has 0 saturated carbocycles. The van der Waals surface area contributed by atoms with Gasteiger partial charge >= 0.3 is 0 Å². The van der Waals surface area contributed by atoms with Crippen LogP contribution in [0.25, 0.3) is 10.9 Å². The summed E-state index contributed by atoms with van der Waals surface area (Å²) >= 11 is 5.99. The maximum absolute atomic E-state index is 13.2. The molecule has 2 heterocycles. The maximum atomic E-state index is 13.2. The Kier molecular flexibility index (Phi) is 5.86. The number of carbonyl (C=O) groups excluding carboxylic acids is 1. The van der Waals surface area contributed by atoms with Gasteiger partial charge in [-0.15, -0.1) is 0 Å². The van der Waals surface area contributed by atoms with Crippen molar-refractivity contribution in [2.24, 2.45) is 0 Å². The quantitative estimate of drug-likeness (QED) is 0.595. The number of pyridine rings is 1. The highest BCUT2D eigenvalue weighted by Gasteiger charge is 2.24. The van der Waals surface area contributed by atoms with Crippen molar-refractivity contribution in [2.75, 3.05) is 38.2 Å². The van der Waals surface area contributed by atoms with Crippen LogP contribution in [0.15, 0.2) is 54.6 Å². The first kappa shape index (κ1) is 19.5. The molecule has 1 saturated heterocycles. The maximum Gasteiger partial charge on any atom is 0.257 e. The normalized spacial score (nSPS) is 13.7. The second kappa shape index (κ2) is 8.70. The monoisotopic (exact) mass is 409 g/mol. The van der Waals surface area contributed by atoms with Gasteiger partial charge in [0.1, 0.15) is 18.2 Å². The molecular weight excluding hydrogens is 386 g/mol. The fraction of sp³-hybridized carbons (Fsp3) is 0.304. The first-order valence-corrected chi connectivity index (χ1v) is 10.3. The number of benzene rings is 2. The number of carbonyl (C=O) groups is 1. The van der Waals surface area contributed by atoms with Gasteiger partial charge < -0.3 is 14.5 Å². The van der Waals surface area contributed by atoms with Crippen LogP contribution in [0.5, 0.6) is 5.75 Å². The second-order valence-corrected chi connectivity index (χ2v) is 7.72. The van der Waals surface area contributed by atoms with Gasteiger partial charge in [-0.2, -0.15) is 0 Å². The number of hydrogen-bond acceptors (Lipinski definition) is 4. The van der Waals surface area contributed by atoms with Gasteiger partial charge in [0.25, 0.3) is 5.91 Å². The number of likely N-dealkylation sites (N-methyl/N-ethyl adjacent to an activating group) is 1. The Labute approximate surface area is 175 Å². The Bertz CT molecular complexity index is 1020. The van der Waals surface area contributed by atoms with Crippen molar-refractivity contribution in [3.8, 4) is 5.75 Å². The van der Waals surface area contributed by atoms with E-state index < -0.39 is 0 Å². The summed E-state index contributed by atoms with van der Waals surface area (Å²) in [4.78, 5) is 22.0. The molecule has 0 spiro atoms. The minimum absolute atomic E-state index is 0.0418. The third-order valence-corrected chi connectivity index (χ3v) is 5.41. The number of halogens is 1. The number of hydrogen-bond donors (Lipinski definition) is 0. The van der Waals surface area contributed by atoms with Gasteiger partial charge in [0, 0.05) is 30.5 Å². The average Bonchev–Trinajstić information content (AvgIpc) is 3.27. The Balaban J connectivity index is 1.52. The van der Waals surface area contributed by atoms with E-state index in [0.717, 1.165) is 42.7 Å². The molecule has 5 nitrogen and oxygen atoms in total. The largest absolute Gasteiger partial charge is 0.492 e. The summed E-state index contributed by atoms with van der Waals surface area (Å²) in [5.74, 6) is 1.44. The molecule has 0 unspecified atom stereocenters. The number of para-hydroxylation sites is 1. The van der Waals surface area contributed by atoms with Gasteiger partial charge in [-0.05, 0) is 43.2 Å². The summed E-state index contributed by atoms with van der Waals surface area (Å²) in [6, 6.07) is 17.2. The Morgan fingerprint density at radius 1 is 1.14 bits per heavy atom. The molecule has 1 fully saturated rings. The third kappa shape index (κ3) is 4.46. The van der Waals surface area contributed by atoms with E-state index in [1.165, 1.54) is 0 Å². The predicted octanol–water partition coefficient (Wildman–Crippen LogP) is 4.64. The predicted molar refractivity (Wildman–Crippen MR) is 117 cm³/mol. The zero-order chi connectivity index (χ0) is 20.2. The van der Waals surface area contributed by atoms with E-state index in [1.54, 1.807) is 24.1 Å². The van der Waals surface area contributed by atoms with Crippen molar-refractivity contribution in [1.29, 1.82) is 0 Å². The van der Waals surface area contributed by atoms with Gasteiger partial charge in [0.2, 0.25) is 0 Å². The third-order valence-electron chi connectivity index (χ3n) is 5.18. The van der Waals surface area contributed by atoms with Crippen LogP contribution in [0.4, 0.5) is 5.82 Å². The van der Waals surface area contributed by atoms with Crippen LogP contribution in [0.2, 0.25) is 5.02 Å². The summed E-state index contributed by atoms with van der Waals surface area (Å²) < 4.78 is 5.74. The molecule has 0 atom stereocenters. The molecule has 0 bridgehead atoms. The number of amides is 1. The first-order chi connectivity index (χ1) is 14.1. The number of aromatic nitrogens is 1. The van der Waals surface area contributed by atoms with Gasteiger partial charge in [0.15, 0.2) is 0 Å². The van der Waals surface area contributed by atoms with E-state index in [0.29, 0.717) is 29.5 Å². The molecule has 3 aromatic rings. The number of anilines is 1. The number of rotatable bonds is 6. The summed E-state index contributed by atoms with van der Waals surface area (Å²) in [5.41, 5.74) is 1.56. The standard InChI is InChI=1S/C23H24ClN3O2/c1-26(13-14-29-19-9-6-8-18(24)16-19)23(28)20-15-17-7-2-3-10-21(17)25-22(20)27-11-4-5-12-27/h2-3,6-10,15-16H,4-5,11-14H2,1H3. The Morgan fingerprint density at radius 2 is 1.93 bits per heavy atom. The van der Waals surface area contributed by atoms with Crippen molar-refractivity contribution >= 4 is 34.2 Å². The van der Waals surface area contributed by atoms with Crippen molar-refractivity contribution in [1.82, 2.24) is 9.88 Å². The van der Waals surface area contributed by atoms with Crippen LogP contribution >= 0.6 is 11.6 Å². The lowest BCUT2D eigenvalue weighted by molar-refractivity contribution is 0.0774. The van der Waals surface area contributed by atoms with Crippen molar-refractivity contribution in [3.63, 3.8) is 0 Å². The zero-order valence-corrected chi connectivity index (χ0v) is 17.2. The molecule has 6 heteroatoms. The van der Waals surface area contributed by atoms with E-state index in [9.17, 15) is 4.79 Å². The van der Waals surface area contributed by atoms with Crippen LogP contribution in [0.3, 0.4) is 0 Å². The summed E-state index contributed by atoms with van der Waals surface area (Å²) in [7, 11) is 1.80. The van der Waals surface area contributed by atoms with E-state index in [4.69, 9.17) is 21.3 Å². The van der Waals surface area contributed by atoms with Gasteiger partial charge in [-0.25, -0.2) is 4.98 Å².